The minimum atomic E-state index is 0.484. The molecule has 0 aliphatic carbocycles. The van der Waals surface area contributed by atoms with Gasteiger partial charge in [0.2, 0.25) is 0 Å². The first-order valence-corrected chi connectivity index (χ1v) is 10.5. The number of benzene rings is 2. The minimum Gasteiger partial charge on any atom is -0.372 e. The van der Waals surface area contributed by atoms with Gasteiger partial charge in [-0.2, -0.15) is 5.10 Å². The van der Waals surface area contributed by atoms with Crippen LogP contribution in [0.4, 0.5) is 11.4 Å². The summed E-state index contributed by atoms with van der Waals surface area (Å²) in [7, 11) is 0. The number of para-hydroxylation sites is 1. The predicted octanol–water partition coefficient (Wildman–Crippen LogP) is 4.50. The Balaban J connectivity index is 1.61. The van der Waals surface area contributed by atoms with Gasteiger partial charge < -0.3 is 10.2 Å². The Bertz CT molecular complexity index is 804. The van der Waals surface area contributed by atoms with Gasteiger partial charge in [0.25, 0.3) is 0 Å². The van der Waals surface area contributed by atoms with Crippen molar-refractivity contribution in [2.75, 3.05) is 29.6 Å². The standard InChI is InChI=1S/C20H24N4S2/c1-3-24-12-6-7-16-13-15(10-11-18(16)24)14-21-23-20(25)22-17-8-4-5-9-19(17)26-2/h4-5,8-11,13-14H,3,6-7,12H2,1-2H3,(H2,22,23,25)/b21-14-. The highest BCUT2D eigenvalue weighted by Crippen LogP contribution is 2.27. The lowest BCUT2D eigenvalue weighted by molar-refractivity contribution is 0.708. The molecule has 0 atom stereocenters. The Morgan fingerprint density at radius 2 is 2.15 bits per heavy atom. The minimum absolute atomic E-state index is 0.484. The van der Waals surface area contributed by atoms with Gasteiger partial charge in [-0.15, -0.1) is 11.8 Å². The number of anilines is 2. The molecule has 3 rings (SSSR count). The van der Waals surface area contributed by atoms with Crippen LogP contribution in [-0.4, -0.2) is 30.7 Å². The zero-order chi connectivity index (χ0) is 18.4. The van der Waals surface area contributed by atoms with Crippen LogP contribution < -0.4 is 15.6 Å². The maximum atomic E-state index is 5.34. The van der Waals surface area contributed by atoms with E-state index in [1.165, 1.54) is 17.7 Å². The number of nitrogens with one attached hydrogen (secondary N) is 2. The van der Waals surface area contributed by atoms with E-state index in [-0.39, 0.29) is 0 Å². The van der Waals surface area contributed by atoms with E-state index in [1.54, 1.807) is 11.8 Å². The van der Waals surface area contributed by atoms with Crippen molar-refractivity contribution in [3.8, 4) is 0 Å². The van der Waals surface area contributed by atoms with Crippen molar-refractivity contribution in [3.63, 3.8) is 0 Å². The molecule has 2 N–H and O–H groups in total. The fraction of sp³-hybridized carbons (Fsp3) is 0.300. The third-order valence-corrected chi connectivity index (χ3v) is 5.42. The van der Waals surface area contributed by atoms with Gasteiger partial charge in [0, 0.05) is 23.7 Å². The van der Waals surface area contributed by atoms with Crippen molar-refractivity contribution in [1.29, 1.82) is 0 Å². The quantitative estimate of drug-likeness (QED) is 0.344. The first kappa shape index (κ1) is 18.7. The van der Waals surface area contributed by atoms with E-state index in [9.17, 15) is 0 Å². The average molecular weight is 385 g/mol. The van der Waals surface area contributed by atoms with Gasteiger partial charge in [0.1, 0.15) is 0 Å². The van der Waals surface area contributed by atoms with Crippen molar-refractivity contribution in [2.24, 2.45) is 5.10 Å². The van der Waals surface area contributed by atoms with Crippen LogP contribution in [0.2, 0.25) is 0 Å². The van der Waals surface area contributed by atoms with Crippen LogP contribution in [0.1, 0.15) is 24.5 Å². The summed E-state index contributed by atoms with van der Waals surface area (Å²) < 4.78 is 0. The van der Waals surface area contributed by atoms with Gasteiger partial charge in [-0.1, -0.05) is 18.2 Å². The largest absolute Gasteiger partial charge is 0.372 e. The molecule has 4 nitrogen and oxygen atoms in total. The molecule has 2 aromatic carbocycles. The van der Waals surface area contributed by atoms with Crippen LogP contribution >= 0.6 is 24.0 Å². The summed E-state index contributed by atoms with van der Waals surface area (Å²) in [4.78, 5) is 3.58. The monoisotopic (exact) mass is 384 g/mol. The molecule has 136 valence electrons. The van der Waals surface area contributed by atoms with Gasteiger partial charge in [-0.05, 0) is 73.6 Å². The molecule has 26 heavy (non-hydrogen) atoms. The van der Waals surface area contributed by atoms with Gasteiger partial charge in [-0.25, -0.2) is 0 Å². The van der Waals surface area contributed by atoms with Crippen molar-refractivity contribution in [2.45, 2.75) is 24.7 Å². The second kappa shape index (κ2) is 9.05. The summed E-state index contributed by atoms with van der Waals surface area (Å²) in [5, 5.41) is 7.96. The fourth-order valence-electron chi connectivity index (χ4n) is 3.17. The number of hydrogen-bond acceptors (Lipinski definition) is 4. The maximum Gasteiger partial charge on any atom is 0.191 e. The topological polar surface area (TPSA) is 39.7 Å². The highest BCUT2D eigenvalue weighted by Gasteiger charge is 2.15. The SMILES string of the molecule is CCN1CCCc2cc(/C=N\NC(=S)Nc3ccccc3SC)ccc21. The Labute approximate surface area is 165 Å². The van der Waals surface area contributed by atoms with Crippen molar-refractivity contribution in [1.82, 2.24) is 5.43 Å². The molecule has 0 amide bonds. The van der Waals surface area contributed by atoms with Gasteiger partial charge in [0.05, 0.1) is 11.9 Å². The summed E-state index contributed by atoms with van der Waals surface area (Å²) in [6.45, 7) is 4.41. The predicted molar refractivity (Wildman–Crippen MR) is 118 cm³/mol. The molecular weight excluding hydrogens is 360 g/mol. The molecule has 0 fully saturated rings. The molecule has 0 radical (unpaired) electrons. The van der Waals surface area contributed by atoms with E-state index >= 15 is 0 Å². The lowest BCUT2D eigenvalue weighted by Gasteiger charge is -2.30. The second-order valence-electron chi connectivity index (χ2n) is 6.10. The van der Waals surface area contributed by atoms with Crippen LogP contribution in [0.15, 0.2) is 52.5 Å². The molecule has 0 bridgehead atoms. The van der Waals surface area contributed by atoms with Crippen LogP contribution in [0.5, 0.6) is 0 Å². The van der Waals surface area contributed by atoms with E-state index < -0.39 is 0 Å². The molecule has 1 aliphatic heterocycles. The lowest BCUT2D eigenvalue weighted by atomic mass is 9.99. The molecule has 0 saturated heterocycles. The smallest absolute Gasteiger partial charge is 0.191 e. The third kappa shape index (κ3) is 4.56. The molecule has 2 aromatic rings. The number of aryl methyl sites for hydroxylation is 1. The first-order chi connectivity index (χ1) is 12.7. The number of rotatable bonds is 5. The summed E-state index contributed by atoms with van der Waals surface area (Å²) in [6, 6.07) is 14.6. The van der Waals surface area contributed by atoms with Crippen molar-refractivity contribution < 1.29 is 0 Å². The molecule has 1 aliphatic rings. The molecular formula is C20H24N4S2. The number of nitrogens with zero attached hydrogens (tertiary/aromatic N) is 2. The summed E-state index contributed by atoms with van der Waals surface area (Å²) in [5.74, 6) is 0. The first-order valence-electron chi connectivity index (χ1n) is 8.82. The zero-order valence-electron chi connectivity index (χ0n) is 15.2. The fourth-order valence-corrected chi connectivity index (χ4v) is 3.88. The van der Waals surface area contributed by atoms with Crippen molar-refractivity contribution >= 4 is 46.7 Å². The van der Waals surface area contributed by atoms with E-state index in [2.05, 4.69) is 51.9 Å². The molecule has 0 saturated carbocycles. The molecule has 0 aromatic heterocycles. The second-order valence-corrected chi connectivity index (χ2v) is 7.35. The number of thiocarbonyl (C=S) groups is 1. The average Bonchev–Trinajstić information content (AvgIpc) is 2.67. The number of fused-ring (bicyclic) bond motifs is 1. The van der Waals surface area contributed by atoms with E-state index in [0.717, 1.165) is 35.7 Å². The van der Waals surface area contributed by atoms with Crippen LogP contribution in [0.3, 0.4) is 0 Å². The Morgan fingerprint density at radius 1 is 1.31 bits per heavy atom. The Morgan fingerprint density at radius 3 is 2.96 bits per heavy atom. The highest BCUT2D eigenvalue weighted by molar-refractivity contribution is 7.98. The van der Waals surface area contributed by atoms with Crippen LogP contribution in [0.25, 0.3) is 0 Å². The third-order valence-electron chi connectivity index (χ3n) is 4.43. The van der Waals surface area contributed by atoms with Crippen LogP contribution in [-0.2, 0) is 6.42 Å². The normalized spacial score (nSPS) is 13.5. The number of hydrogen-bond donors (Lipinski definition) is 2. The molecule has 0 spiro atoms. The highest BCUT2D eigenvalue weighted by atomic mass is 32.2. The van der Waals surface area contributed by atoms with E-state index in [4.69, 9.17) is 12.2 Å². The Hall–Kier alpha value is -2.05. The van der Waals surface area contributed by atoms with Crippen molar-refractivity contribution in [3.05, 3.63) is 53.6 Å². The van der Waals surface area contributed by atoms with Crippen LogP contribution in [0, 0.1) is 0 Å². The maximum absolute atomic E-state index is 5.34. The molecule has 1 heterocycles. The van der Waals surface area contributed by atoms with Gasteiger partial charge in [-0.3, -0.25) is 5.43 Å². The summed E-state index contributed by atoms with van der Waals surface area (Å²) >= 11 is 7.02. The zero-order valence-corrected chi connectivity index (χ0v) is 16.8. The summed E-state index contributed by atoms with van der Waals surface area (Å²) in [5.41, 5.74) is 7.73. The van der Waals surface area contributed by atoms with E-state index in [0.29, 0.717) is 5.11 Å². The van der Waals surface area contributed by atoms with E-state index in [1.807, 2.05) is 30.7 Å². The number of thioether (sulfide) groups is 1. The Kier molecular flexibility index (Phi) is 6.52. The molecule has 0 unspecified atom stereocenters. The lowest BCUT2D eigenvalue weighted by Crippen LogP contribution is -2.28. The van der Waals surface area contributed by atoms with Gasteiger partial charge in [0.15, 0.2) is 5.11 Å². The molecule has 6 heteroatoms. The summed E-state index contributed by atoms with van der Waals surface area (Å²) in [6.07, 6.45) is 6.21. The van der Waals surface area contributed by atoms with Gasteiger partial charge >= 0.3 is 0 Å². The number of hydrazone groups is 1.